The third kappa shape index (κ3) is 6.43. The molecule has 0 N–H and O–H groups in total. The molecule has 2 rings (SSSR count). The van der Waals surface area contributed by atoms with Crippen molar-refractivity contribution < 1.29 is 28.2 Å². The Hall–Kier alpha value is -1.99. The van der Waals surface area contributed by atoms with Crippen LogP contribution in [0.2, 0.25) is 0 Å². The molecule has 1 fully saturated rings. The highest BCUT2D eigenvalue weighted by Crippen LogP contribution is 2.13. The van der Waals surface area contributed by atoms with E-state index in [1.807, 2.05) is 0 Å². The maximum Gasteiger partial charge on any atom is 0.335 e. The zero-order valence-corrected chi connectivity index (χ0v) is 14.6. The average molecular weight is 353 g/mol. The van der Waals surface area contributed by atoms with E-state index in [9.17, 15) is 14.0 Å². The summed E-state index contributed by atoms with van der Waals surface area (Å²) in [6, 6.07) is 5.87. The number of carbonyl (C=O) groups is 2. The van der Waals surface area contributed by atoms with Crippen molar-refractivity contribution in [1.82, 2.24) is 4.90 Å². The first-order valence-electron chi connectivity index (χ1n) is 8.34. The highest BCUT2D eigenvalue weighted by Gasteiger charge is 2.22. The lowest BCUT2D eigenvalue weighted by Gasteiger charge is -2.19. The third-order valence-corrected chi connectivity index (χ3v) is 3.98. The molecule has 0 spiro atoms. The summed E-state index contributed by atoms with van der Waals surface area (Å²) in [6.45, 7) is 2.60. The average Bonchev–Trinajstić information content (AvgIpc) is 3.12. The van der Waals surface area contributed by atoms with Crippen molar-refractivity contribution in [3.8, 4) is 0 Å². The molecule has 138 valence electrons. The van der Waals surface area contributed by atoms with Gasteiger partial charge >= 0.3 is 5.97 Å². The topological polar surface area (TPSA) is 65.1 Å². The fourth-order valence-corrected chi connectivity index (χ4v) is 2.41. The van der Waals surface area contributed by atoms with Crippen LogP contribution in [-0.4, -0.2) is 55.9 Å². The second-order valence-electron chi connectivity index (χ2n) is 6.09. The van der Waals surface area contributed by atoms with Gasteiger partial charge < -0.3 is 19.1 Å². The van der Waals surface area contributed by atoms with Crippen LogP contribution < -0.4 is 0 Å². The number of hydrogen-bond acceptors (Lipinski definition) is 5. The van der Waals surface area contributed by atoms with Gasteiger partial charge in [0.2, 0.25) is 0 Å². The van der Waals surface area contributed by atoms with Crippen molar-refractivity contribution in [1.29, 1.82) is 0 Å². The van der Waals surface area contributed by atoms with Crippen LogP contribution in [0.25, 0.3) is 0 Å². The van der Waals surface area contributed by atoms with E-state index in [0.29, 0.717) is 13.2 Å². The zero-order chi connectivity index (χ0) is 18.2. The molecule has 1 aromatic rings. The largest absolute Gasteiger partial charge is 0.454 e. The van der Waals surface area contributed by atoms with E-state index in [4.69, 9.17) is 14.2 Å². The summed E-state index contributed by atoms with van der Waals surface area (Å²) in [7, 11) is 1.59. The summed E-state index contributed by atoms with van der Waals surface area (Å²) >= 11 is 0. The van der Waals surface area contributed by atoms with Crippen molar-refractivity contribution >= 4 is 11.9 Å². The molecule has 1 aliphatic rings. The lowest BCUT2D eigenvalue weighted by Crippen LogP contribution is -2.33. The lowest BCUT2D eigenvalue weighted by atomic mass is 10.2. The fourth-order valence-electron chi connectivity index (χ4n) is 2.41. The highest BCUT2D eigenvalue weighted by molar-refractivity contribution is 5.81. The van der Waals surface area contributed by atoms with Gasteiger partial charge in [-0.2, -0.15) is 0 Å². The molecular weight excluding hydrogens is 329 g/mol. The smallest absolute Gasteiger partial charge is 0.335 e. The van der Waals surface area contributed by atoms with Gasteiger partial charge in [0.1, 0.15) is 5.82 Å². The Balaban J connectivity index is 1.68. The molecule has 0 bridgehead atoms. The van der Waals surface area contributed by atoms with Crippen molar-refractivity contribution in [3.63, 3.8) is 0 Å². The lowest BCUT2D eigenvalue weighted by molar-refractivity contribution is -0.162. The molecule has 0 saturated carbocycles. The number of rotatable bonds is 8. The standard InChI is InChI=1S/C18H24FNO5/c1-13(24-11-16-4-3-9-23-16)18(22)25-12-17(21)20(2)10-14-5-7-15(19)8-6-14/h5-8,13,16H,3-4,9-12H2,1-2H3. The van der Waals surface area contributed by atoms with Crippen LogP contribution in [0.4, 0.5) is 4.39 Å². The van der Waals surface area contributed by atoms with Gasteiger partial charge in [0, 0.05) is 20.2 Å². The highest BCUT2D eigenvalue weighted by atomic mass is 19.1. The molecule has 1 aliphatic heterocycles. The normalized spacial score (nSPS) is 18.0. The summed E-state index contributed by atoms with van der Waals surface area (Å²) in [5.41, 5.74) is 0.789. The summed E-state index contributed by atoms with van der Waals surface area (Å²) < 4.78 is 28.7. The molecule has 0 aliphatic carbocycles. The Morgan fingerprint density at radius 1 is 1.36 bits per heavy atom. The number of amides is 1. The van der Waals surface area contributed by atoms with Gasteiger partial charge in [-0.3, -0.25) is 4.79 Å². The monoisotopic (exact) mass is 353 g/mol. The zero-order valence-electron chi connectivity index (χ0n) is 14.6. The van der Waals surface area contributed by atoms with Crippen molar-refractivity contribution in [3.05, 3.63) is 35.6 Å². The molecule has 2 unspecified atom stereocenters. The maximum absolute atomic E-state index is 12.9. The van der Waals surface area contributed by atoms with Crippen LogP contribution in [0.3, 0.4) is 0 Å². The van der Waals surface area contributed by atoms with E-state index >= 15 is 0 Å². The summed E-state index contributed by atoms with van der Waals surface area (Å²) in [4.78, 5) is 25.3. The van der Waals surface area contributed by atoms with Gasteiger partial charge in [-0.1, -0.05) is 12.1 Å². The number of carbonyl (C=O) groups excluding carboxylic acids is 2. The third-order valence-electron chi connectivity index (χ3n) is 3.98. The Bertz CT molecular complexity index is 571. The summed E-state index contributed by atoms with van der Waals surface area (Å²) in [5, 5.41) is 0. The molecule has 1 heterocycles. The number of nitrogens with zero attached hydrogens (tertiary/aromatic N) is 1. The number of esters is 1. The van der Waals surface area contributed by atoms with E-state index in [1.165, 1.54) is 17.0 Å². The van der Waals surface area contributed by atoms with Crippen molar-refractivity contribution in [2.75, 3.05) is 26.9 Å². The van der Waals surface area contributed by atoms with E-state index in [0.717, 1.165) is 25.0 Å². The van der Waals surface area contributed by atoms with Gasteiger partial charge in [-0.25, -0.2) is 9.18 Å². The first kappa shape index (κ1) is 19.3. The van der Waals surface area contributed by atoms with E-state index in [1.54, 1.807) is 26.1 Å². The van der Waals surface area contributed by atoms with Gasteiger partial charge in [0.25, 0.3) is 5.91 Å². The Kier molecular flexibility index (Phi) is 7.33. The second kappa shape index (κ2) is 9.48. The Morgan fingerprint density at radius 3 is 2.72 bits per heavy atom. The minimum absolute atomic E-state index is 0.0266. The Labute approximate surface area is 146 Å². The predicted molar refractivity (Wildman–Crippen MR) is 88.2 cm³/mol. The van der Waals surface area contributed by atoms with Gasteiger partial charge in [0.05, 0.1) is 12.7 Å². The first-order valence-corrected chi connectivity index (χ1v) is 8.34. The van der Waals surface area contributed by atoms with Crippen LogP contribution in [0.1, 0.15) is 25.3 Å². The molecule has 1 saturated heterocycles. The minimum atomic E-state index is -0.751. The second-order valence-corrected chi connectivity index (χ2v) is 6.09. The van der Waals surface area contributed by atoms with Crippen LogP contribution in [-0.2, 0) is 30.3 Å². The number of hydrogen-bond donors (Lipinski definition) is 0. The van der Waals surface area contributed by atoms with E-state index in [2.05, 4.69) is 0 Å². The Morgan fingerprint density at radius 2 is 2.08 bits per heavy atom. The SMILES string of the molecule is CC(OCC1CCCO1)C(=O)OCC(=O)N(C)Cc1ccc(F)cc1. The van der Waals surface area contributed by atoms with Gasteiger partial charge in [0.15, 0.2) is 12.7 Å². The van der Waals surface area contributed by atoms with Crippen molar-refractivity contribution in [2.45, 2.75) is 38.5 Å². The van der Waals surface area contributed by atoms with E-state index in [-0.39, 0.29) is 24.4 Å². The molecule has 0 radical (unpaired) electrons. The number of benzene rings is 1. The van der Waals surface area contributed by atoms with Gasteiger partial charge in [-0.15, -0.1) is 0 Å². The van der Waals surface area contributed by atoms with Gasteiger partial charge in [-0.05, 0) is 37.5 Å². The molecule has 1 aromatic carbocycles. The summed E-state index contributed by atoms with van der Waals surface area (Å²) in [5.74, 6) is -1.26. The summed E-state index contributed by atoms with van der Waals surface area (Å²) in [6.07, 6.45) is 1.20. The molecular formula is C18H24FNO5. The van der Waals surface area contributed by atoms with Crippen LogP contribution in [0.5, 0.6) is 0 Å². The number of halogens is 1. The minimum Gasteiger partial charge on any atom is -0.454 e. The molecule has 2 atom stereocenters. The molecule has 6 nitrogen and oxygen atoms in total. The fraction of sp³-hybridized carbons (Fsp3) is 0.556. The number of likely N-dealkylation sites (N-methyl/N-ethyl adjacent to an activating group) is 1. The maximum atomic E-state index is 12.9. The van der Waals surface area contributed by atoms with Crippen molar-refractivity contribution in [2.24, 2.45) is 0 Å². The van der Waals surface area contributed by atoms with Crippen LogP contribution in [0.15, 0.2) is 24.3 Å². The molecule has 1 amide bonds. The van der Waals surface area contributed by atoms with E-state index < -0.39 is 12.1 Å². The number of ether oxygens (including phenoxy) is 3. The molecule has 7 heteroatoms. The van der Waals surface area contributed by atoms with Crippen LogP contribution >= 0.6 is 0 Å². The van der Waals surface area contributed by atoms with Crippen LogP contribution in [0, 0.1) is 5.82 Å². The molecule has 25 heavy (non-hydrogen) atoms. The quantitative estimate of drug-likeness (QED) is 0.668. The predicted octanol–water partition coefficient (Wildman–Crippen LogP) is 1.91. The first-order chi connectivity index (χ1) is 12.0. The molecule has 0 aromatic heterocycles.